The molecule has 0 spiro atoms. The van der Waals surface area contributed by atoms with Crippen LogP contribution in [0.3, 0.4) is 0 Å². The van der Waals surface area contributed by atoms with Crippen molar-refractivity contribution in [1.29, 1.82) is 0 Å². The summed E-state index contributed by atoms with van der Waals surface area (Å²) in [6.45, 7) is 1.63. The fraction of sp³-hybridized carbons (Fsp3) is 0.267. The van der Waals surface area contributed by atoms with Crippen LogP contribution in [-0.2, 0) is 13.1 Å². The molecule has 0 bridgehead atoms. The number of nitrogens with zero attached hydrogens (tertiary/aromatic N) is 3. The van der Waals surface area contributed by atoms with Crippen LogP contribution >= 0.6 is 0 Å². The Morgan fingerprint density at radius 2 is 1.95 bits per heavy atom. The number of rotatable bonds is 8. The summed E-state index contributed by atoms with van der Waals surface area (Å²) in [7, 11) is 3.55. The number of ether oxygens (including phenoxy) is 1. The molecule has 0 saturated heterocycles. The number of nitrogens with one attached hydrogen (secondary N) is 1. The third-order valence-corrected chi connectivity index (χ3v) is 6.99. The molecule has 1 unspecified atom stereocenters. The van der Waals surface area contributed by atoms with Crippen molar-refractivity contribution in [2.24, 2.45) is 0 Å². The molecule has 0 radical (unpaired) electrons. The lowest BCUT2D eigenvalue weighted by Gasteiger charge is -2.19. The summed E-state index contributed by atoms with van der Waals surface area (Å²) in [4.78, 5) is 19.9. The van der Waals surface area contributed by atoms with Gasteiger partial charge in [-0.05, 0) is 54.1 Å². The molecule has 5 rings (SSSR count). The number of likely N-dealkylation sites (N-methyl/N-ethyl adjacent to an activating group) is 1. The number of methoxy groups -OCH3 is 1. The van der Waals surface area contributed by atoms with Gasteiger partial charge >= 0.3 is 0 Å². The highest BCUT2D eigenvalue weighted by molar-refractivity contribution is 5.97. The molecule has 1 aromatic heterocycles. The number of ketones is 1. The number of fused-ring (bicyclic) bond motifs is 1. The number of imidazole rings is 1. The van der Waals surface area contributed by atoms with Gasteiger partial charge in [-0.15, -0.1) is 0 Å². The number of aliphatic hydroxyl groups excluding tert-OH is 1. The van der Waals surface area contributed by atoms with Crippen LogP contribution in [0, 0.1) is 5.82 Å². The van der Waals surface area contributed by atoms with Gasteiger partial charge in [0.25, 0.3) is 0 Å². The number of hydrogen-bond acceptors (Lipinski definition) is 6. The van der Waals surface area contributed by atoms with E-state index < -0.39 is 6.04 Å². The summed E-state index contributed by atoms with van der Waals surface area (Å²) >= 11 is 0. The van der Waals surface area contributed by atoms with Crippen LogP contribution in [0.5, 0.6) is 5.75 Å². The maximum absolute atomic E-state index is 15.5. The van der Waals surface area contributed by atoms with E-state index in [1.54, 1.807) is 30.1 Å². The largest absolute Gasteiger partial charge is 0.497 e. The minimum absolute atomic E-state index is 0.0799. The second kappa shape index (κ2) is 11.3. The molecule has 1 aliphatic rings. The normalized spacial score (nSPS) is 15.4. The second-order valence-electron chi connectivity index (χ2n) is 9.52. The van der Waals surface area contributed by atoms with Gasteiger partial charge in [-0.1, -0.05) is 36.4 Å². The third-order valence-electron chi connectivity index (χ3n) is 6.99. The van der Waals surface area contributed by atoms with E-state index in [0.29, 0.717) is 36.6 Å². The average Bonchev–Trinajstić information content (AvgIpc) is 3.28. The standard InChI is InChI=1S/C30H31FN4O3/c1-34(13-14-36)18-21-5-3-4-6-24(21)20-7-12-25(26(31)15-20)27-16-29(37)30-28(17-32-27)33-19-35(30)22-8-10-23(38-2)11-9-22/h3-12,15,19,27,32,36H,13-14,16-18H2,1-2H3. The van der Waals surface area contributed by atoms with Crippen LogP contribution in [0.25, 0.3) is 16.8 Å². The summed E-state index contributed by atoms with van der Waals surface area (Å²) in [5.41, 5.74) is 5.20. The summed E-state index contributed by atoms with van der Waals surface area (Å²) in [6, 6.07) is 20.1. The van der Waals surface area contributed by atoms with Crippen LogP contribution in [0.15, 0.2) is 73.1 Å². The summed E-state index contributed by atoms with van der Waals surface area (Å²) in [5.74, 6) is 0.277. The molecule has 8 heteroatoms. The number of hydrogen-bond donors (Lipinski definition) is 2. The first-order chi connectivity index (χ1) is 18.5. The number of carbonyl (C=O) groups excluding carboxylic acids is 1. The zero-order valence-electron chi connectivity index (χ0n) is 21.5. The van der Waals surface area contributed by atoms with E-state index in [2.05, 4.69) is 10.3 Å². The van der Waals surface area contributed by atoms with E-state index in [9.17, 15) is 9.90 Å². The van der Waals surface area contributed by atoms with Gasteiger partial charge in [-0.25, -0.2) is 9.37 Å². The van der Waals surface area contributed by atoms with Crippen molar-refractivity contribution in [2.75, 3.05) is 27.3 Å². The van der Waals surface area contributed by atoms with E-state index in [1.807, 2.05) is 66.5 Å². The third kappa shape index (κ3) is 5.24. The minimum atomic E-state index is -0.471. The highest BCUT2D eigenvalue weighted by atomic mass is 19.1. The molecule has 4 aromatic rings. The van der Waals surface area contributed by atoms with Crippen LogP contribution < -0.4 is 10.1 Å². The quantitative estimate of drug-likeness (QED) is 0.360. The lowest BCUT2D eigenvalue weighted by Crippen LogP contribution is -2.22. The highest BCUT2D eigenvalue weighted by Crippen LogP contribution is 2.32. The van der Waals surface area contributed by atoms with Crippen LogP contribution in [0.2, 0.25) is 0 Å². The van der Waals surface area contributed by atoms with Gasteiger partial charge in [0.15, 0.2) is 5.78 Å². The van der Waals surface area contributed by atoms with Crippen LogP contribution in [-0.4, -0.2) is 52.6 Å². The lowest BCUT2D eigenvalue weighted by atomic mass is 9.95. The van der Waals surface area contributed by atoms with Gasteiger partial charge in [0.2, 0.25) is 0 Å². The molecule has 7 nitrogen and oxygen atoms in total. The van der Waals surface area contributed by atoms with Gasteiger partial charge in [0.05, 0.1) is 19.4 Å². The maximum atomic E-state index is 15.5. The van der Waals surface area contributed by atoms with E-state index in [-0.39, 0.29) is 24.6 Å². The number of carbonyl (C=O) groups is 1. The Kier molecular flexibility index (Phi) is 7.64. The molecule has 3 aromatic carbocycles. The van der Waals surface area contributed by atoms with Crippen molar-refractivity contribution in [2.45, 2.75) is 25.6 Å². The Balaban J connectivity index is 1.39. The fourth-order valence-corrected chi connectivity index (χ4v) is 5.00. The minimum Gasteiger partial charge on any atom is -0.497 e. The average molecular weight is 515 g/mol. The zero-order chi connectivity index (χ0) is 26.6. The lowest BCUT2D eigenvalue weighted by molar-refractivity contribution is 0.0966. The predicted molar refractivity (Wildman–Crippen MR) is 144 cm³/mol. The molecule has 38 heavy (non-hydrogen) atoms. The first-order valence-corrected chi connectivity index (χ1v) is 12.6. The zero-order valence-corrected chi connectivity index (χ0v) is 21.5. The molecule has 0 aliphatic carbocycles. The Morgan fingerprint density at radius 3 is 2.68 bits per heavy atom. The Hall–Kier alpha value is -3.85. The van der Waals surface area contributed by atoms with Gasteiger partial charge in [-0.3, -0.25) is 14.3 Å². The summed E-state index contributed by atoms with van der Waals surface area (Å²) in [6.07, 6.45) is 1.77. The van der Waals surface area contributed by atoms with Crippen molar-refractivity contribution in [1.82, 2.24) is 19.8 Å². The maximum Gasteiger partial charge on any atom is 0.183 e. The Morgan fingerprint density at radius 1 is 1.16 bits per heavy atom. The van der Waals surface area contributed by atoms with E-state index in [1.165, 1.54) is 0 Å². The van der Waals surface area contributed by atoms with Gasteiger partial charge in [0.1, 0.15) is 23.6 Å². The van der Waals surface area contributed by atoms with Crippen LogP contribution in [0.1, 0.15) is 39.8 Å². The van der Waals surface area contributed by atoms with Gasteiger partial charge < -0.3 is 15.2 Å². The number of aliphatic hydroxyl groups is 1. The Bertz CT molecular complexity index is 1430. The SMILES string of the molecule is COc1ccc(-n2cnc3c2C(=O)CC(c2ccc(-c4ccccc4CN(C)CCO)cc2F)NC3)cc1. The van der Waals surface area contributed by atoms with Crippen molar-refractivity contribution >= 4 is 5.78 Å². The van der Waals surface area contributed by atoms with Crippen molar-refractivity contribution in [3.8, 4) is 22.6 Å². The number of benzene rings is 3. The van der Waals surface area contributed by atoms with Gasteiger partial charge in [0, 0.05) is 43.3 Å². The monoisotopic (exact) mass is 514 g/mol. The number of halogens is 1. The smallest absolute Gasteiger partial charge is 0.183 e. The molecular weight excluding hydrogens is 483 g/mol. The molecule has 0 amide bonds. The molecule has 2 heterocycles. The first-order valence-electron chi connectivity index (χ1n) is 12.6. The summed E-state index contributed by atoms with van der Waals surface area (Å²) < 4.78 is 22.6. The van der Waals surface area contributed by atoms with Crippen LogP contribution in [0.4, 0.5) is 4.39 Å². The molecule has 1 aliphatic heterocycles. The van der Waals surface area contributed by atoms with Crippen molar-refractivity contribution in [3.63, 3.8) is 0 Å². The number of Topliss-reactive ketones (excluding diaryl/α,β-unsaturated/α-hetero) is 1. The van der Waals surface area contributed by atoms with Crippen molar-refractivity contribution < 1.29 is 19.0 Å². The molecule has 1 atom stereocenters. The van der Waals surface area contributed by atoms with Crippen molar-refractivity contribution in [3.05, 3.63) is 101 Å². The predicted octanol–water partition coefficient (Wildman–Crippen LogP) is 4.53. The Labute approximate surface area is 221 Å². The van der Waals surface area contributed by atoms with Gasteiger partial charge in [-0.2, -0.15) is 0 Å². The first kappa shape index (κ1) is 25.8. The molecule has 196 valence electrons. The fourth-order valence-electron chi connectivity index (χ4n) is 5.00. The topological polar surface area (TPSA) is 79.6 Å². The van der Waals surface area contributed by atoms with E-state index in [0.717, 1.165) is 28.1 Å². The second-order valence-corrected chi connectivity index (χ2v) is 9.52. The highest BCUT2D eigenvalue weighted by Gasteiger charge is 2.29. The molecule has 0 fully saturated rings. The summed E-state index contributed by atoms with van der Waals surface area (Å²) in [5, 5.41) is 12.6. The van der Waals surface area contributed by atoms with E-state index in [4.69, 9.17) is 4.74 Å². The number of aromatic nitrogens is 2. The van der Waals surface area contributed by atoms with E-state index >= 15 is 4.39 Å². The molecule has 2 N–H and O–H groups in total. The molecule has 0 saturated carbocycles. The molecular formula is C30H31FN4O3.